The third-order valence-corrected chi connectivity index (χ3v) is 2.18. The largest absolute Gasteiger partial charge is 0.505 e. The zero-order chi connectivity index (χ0) is 10.7. The molecule has 1 aromatic rings. The summed E-state index contributed by atoms with van der Waals surface area (Å²) in [5, 5.41) is 9.49. The van der Waals surface area contributed by atoms with E-state index >= 15 is 0 Å². The highest BCUT2D eigenvalue weighted by Crippen LogP contribution is 2.30. The molecule has 0 amide bonds. The van der Waals surface area contributed by atoms with Crippen LogP contribution in [-0.4, -0.2) is 5.11 Å². The molecule has 4 heteroatoms. The number of nitrogens with two attached hydrogens (primary N) is 1. The molecule has 15 heavy (non-hydrogen) atoms. The van der Waals surface area contributed by atoms with Crippen molar-refractivity contribution < 1.29 is 9.50 Å². The molecule has 0 unspecified atom stereocenters. The number of phenols is 1. The molecule has 1 atom stereocenters. The first kappa shape index (κ1) is 13.9. The quantitative estimate of drug-likeness (QED) is 0.786. The van der Waals surface area contributed by atoms with Crippen molar-refractivity contribution >= 4 is 12.4 Å². The van der Waals surface area contributed by atoms with Crippen LogP contribution in [0, 0.1) is 12.7 Å². The van der Waals surface area contributed by atoms with Crippen LogP contribution in [0.4, 0.5) is 4.39 Å². The van der Waals surface area contributed by atoms with E-state index in [0.29, 0.717) is 12.0 Å². The van der Waals surface area contributed by atoms with E-state index in [2.05, 4.69) is 6.58 Å². The average molecular weight is 232 g/mol. The van der Waals surface area contributed by atoms with Crippen molar-refractivity contribution in [3.05, 3.63) is 41.7 Å². The first-order valence-corrected chi connectivity index (χ1v) is 4.42. The first-order chi connectivity index (χ1) is 6.57. The van der Waals surface area contributed by atoms with Gasteiger partial charge in [-0.15, -0.1) is 19.0 Å². The van der Waals surface area contributed by atoms with Gasteiger partial charge in [-0.1, -0.05) is 12.1 Å². The molecule has 0 heterocycles. The predicted molar refractivity (Wildman–Crippen MR) is 61.8 cm³/mol. The molecule has 0 saturated carbocycles. The lowest BCUT2D eigenvalue weighted by molar-refractivity contribution is 0.420. The highest BCUT2D eigenvalue weighted by molar-refractivity contribution is 5.85. The molecule has 1 rings (SSSR count). The summed E-state index contributed by atoms with van der Waals surface area (Å²) in [4.78, 5) is 0. The summed E-state index contributed by atoms with van der Waals surface area (Å²) in [5.41, 5.74) is 7.03. The number of phenolic OH excluding ortho intramolecular Hbond substituents is 1. The SMILES string of the molecule is C=CC[C@H](N)c1c(C)ccc(F)c1O.Cl. The van der Waals surface area contributed by atoms with Crippen molar-refractivity contribution in [2.24, 2.45) is 5.73 Å². The van der Waals surface area contributed by atoms with Gasteiger partial charge in [0, 0.05) is 11.6 Å². The number of hydrogen-bond donors (Lipinski definition) is 2. The number of benzene rings is 1. The van der Waals surface area contributed by atoms with Gasteiger partial charge < -0.3 is 10.8 Å². The fraction of sp³-hybridized carbons (Fsp3) is 0.273. The van der Waals surface area contributed by atoms with Crippen molar-refractivity contribution in [3.8, 4) is 5.75 Å². The summed E-state index contributed by atoms with van der Waals surface area (Å²) < 4.78 is 13.0. The lowest BCUT2D eigenvalue weighted by Crippen LogP contribution is -2.11. The smallest absolute Gasteiger partial charge is 0.165 e. The van der Waals surface area contributed by atoms with E-state index in [1.807, 2.05) is 0 Å². The summed E-state index contributed by atoms with van der Waals surface area (Å²) >= 11 is 0. The van der Waals surface area contributed by atoms with Crippen molar-refractivity contribution in [2.75, 3.05) is 0 Å². The van der Waals surface area contributed by atoms with E-state index in [1.165, 1.54) is 6.07 Å². The van der Waals surface area contributed by atoms with Crippen molar-refractivity contribution in [3.63, 3.8) is 0 Å². The molecule has 3 N–H and O–H groups in total. The van der Waals surface area contributed by atoms with Gasteiger partial charge in [-0.05, 0) is 25.0 Å². The molecule has 0 radical (unpaired) electrons. The second-order valence-corrected chi connectivity index (χ2v) is 3.26. The fourth-order valence-corrected chi connectivity index (χ4v) is 1.45. The molecular formula is C11H15ClFNO. The van der Waals surface area contributed by atoms with Crippen LogP contribution in [0.3, 0.4) is 0 Å². The summed E-state index contributed by atoms with van der Waals surface area (Å²) in [6.07, 6.45) is 2.16. The van der Waals surface area contributed by atoms with Crippen LogP contribution in [0.1, 0.15) is 23.6 Å². The summed E-state index contributed by atoms with van der Waals surface area (Å²) in [7, 11) is 0. The zero-order valence-corrected chi connectivity index (χ0v) is 9.35. The molecule has 2 nitrogen and oxygen atoms in total. The molecule has 0 spiro atoms. The topological polar surface area (TPSA) is 46.2 Å². The molecule has 0 aliphatic heterocycles. The van der Waals surface area contributed by atoms with Gasteiger partial charge in [0.1, 0.15) is 0 Å². The Kier molecular flexibility index (Phi) is 5.33. The predicted octanol–water partition coefficient (Wildman–Crippen LogP) is 2.84. The Morgan fingerprint density at radius 1 is 1.60 bits per heavy atom. The highest BCUT2D eigenvalue weighted by Gasteiger charge is 2.15. The van der Waals surface area contributed by atoms with Crippen molar-refractivity contribution in [1.29, 1.82) is 0 Å². The van der Waals surface area contributed by atoms with E-state index in [0.717, 1.165) is 5.56 Å². The number of hydrogen-bond acceptors (Lipinski definition) is 2. The third-order valence-electron chi connectivity index (χ3n) is 2.18. The number of halogens is 2. The Bertz CT molecular complexity index is 355. The Morgan fingerprint density at radius 3 is 2.73 bits per heavy atom. The lowest BCUT2D eigenvalue weighted by atomic mass is 9.98. The van der Waals surface area contributed by atoms with Crippen LogP contribution in [0.5, 0.6) is 5.75 Å². The molecule has 0 aromatic heterocycles. The lowest BCUT2D eigenvalue weighted by Gasteiger charge is -2.14. The van der Waals surface area contributed by atoms with Gasteiger partial charge in [0.15, 0.2) is 11.6 Å². The Balaban J connectivity index is 0.00000196. The minimum absolute atomic E-state index is 0. The van der Waals surface area contributed by atoms with Gasteiger partial charge in [-0.2, -0.15) is 0 Å². The van der Waals surface area contributed by atoms with Crippen molar-refractivity contribution in [2.45, 2.75) is 19.4 Å². The van der Waals surface area contributed by atoms with E-state index in [1.54, 1.807) is 19.1 Å². The minimum atomic E-state index is -0.634. The van der Waals surface area contributed by atoms with Gasteiger partial charge in [0.2, 0.25) is 0 Å². The van der Waals surface area contributed by atoms with Gasteiger partial charge in [-0.25, -0.2) is 4.39 Å². The average Bonchev–Trinajstić information content (AvgIpc) is 2.13. The van der Waals surface area contributed by atoms with Crippen LogP contribution < -0.4 is 5.73 Å². The first-order valence-electron chi connectivity index (χ1n) is 4.42. The molecule has 0 saturated heterocycles. The Labute approximate surface area is 95.0 Å². The number of aromatic hydroxyl groups is 1. The highest BCUT2D eigenvalue weighted by atomic mass is 35.5. The van der Waals surface area contributed by atoms with Gasteiger partial charge >= 0.3 is 0 Å². The standard InChI is InChI=1S/C11H14FNO.ClH/c1-3-4-9(13)10-7(2)5-6-8(12)11(10)14;/h3,5-6,9,14H,1,4,13H2,2H3;1H/t9-;/m0./s1. The molecular weight excluding hydrogens is 217 g/mol. The van der Waals surface area contributed by atoms with E-state index in [4.69, 9.17) is 5.73 Å². The maximum Gasteiger partial charge on any atom is 0.165 e. The van der Waals surface area contributed by atoms with Crippen LogP contribution in [0.25, 0.3) is 0 Å². The number of aryl methyl sites for hydroxylation is 1. The van der Waals surface area contributed by atoms with Crippen LogP contribution in [0.15, 0.2) is 24.8 Å². The maximum atomic E-state index is 13.0. The van der Waals surface area contributed by atoms with Gasteiger partial charge in [0.25, 0.3) is 0 Å². The summed E-state index contributed by atoms with van der Waals surface area (Å²) in [5.74, 6) is -0.982. The molecule has 1 aromatic carbocycles. The molecule has 0 aliphatic carbocycles. The number of rotatable bonds is 3. The second kappa shape index (κ2) is 5.73. The molecule has 0 aliphatic rings. The third kappa shape index (κ3) is 2.94. The zero-order valence-electron chi connectivity index (χ0n) is 8.53. The minimum Gasteiger partial charge on any atom is -0.505 e. The Hall–Kier alpha value is -1.06. The van der Waals surface area contributed by atoms with E-state index in [9.17, 15) is 9.50 Å². The molecule has 84 valence electrons. The van der Waals surface area contributed by atoms with Crippen LogP contribution in [-0.2, 0) is 0 Å². The van der Waals surface area contributed by atoms with Crippen molar-refractivity contribution in [1.82, 2.24) is 0 Å². The monoisotopic (exact) mass is 231 g/mol. The van der Waals surface area contributed by atoms with E-state index in [-0.39, 0.29) is 18.2 Å². The Morgan fingerprint density at radius 2 is 2.20 bits per heavy atom. The summed E-state index contributed by atoms with van der Waals surface area (Å²) in [6, 6.07) is 2.44. The normalized spacial score (nSPS) is 11.7. The molecule has 0 fully saturated rings. The second-order valence-electron chi connectivity index (χ2n) is 3.26. The van der Waals surface area contributed by atoms with Gasteiger partial charge in [-0.3, -0.25) is 0 Å². The van der Waals surface area contributed by atoms with E-state index < -0.39 is 11.9 Å². The van der Waals surface area contributed by atoms with Crippen LogP contribution >= 0.6 is 12.4 Å². The van der Waals surface area contributed by atoms with Crippen LogP contribution in [0.2, 0.25) is 0 Å². The molecule has 0 bridgehead atoms. The maximum absolute atomic E-state index is 13.0. The fourth-order valence-electron chi connectivity index (χ4n) is 1.45. The van der Waals surface area contributed by atoms with Gasteiger partial charge in [0.05, 0.1) is 0 Å². The summed E-state index contributed by atoms with van der Waals surface area (Å²) in [6.45, 7) is 5.34.